The van der Waals surface area contributed by atoms with E-state index in [0.717, 1.165) is 67.5 Å². The highest BCUT2D eigenvalue weighted by Crippen LogP contribution is 2.39. The smallest absolute Gasteiger partial charge is 0.131 e. The Morgan fingerprint density at radius 3 is 1.15 bits per heavy atom. The number of nitrogens with zero attached hydrogens (tertiary/aromatic N) is 5. The highest BCUT2D eigenvalue weighted by molar-refractivity contribution is 7.00. The van der Waals surface area contributed by atoms with Crippen LogP contribution in [0.25, 0.3) is 33.4 Å². The molecule has 0 spiro atoms. The Hall–Kier alpha value is -6.11. The Balaban J connectivity index is 1.12. The van der Waals surface area contributed by atoms with Gasteiger partial charge in [-0.25, -0.2) is 0 Å². The van der Waals surface area contributed by atoms with Gasteiger partial charge in [-0.05, 0) is 78.4 Å². The second-order valence-electron chi connectivity index (χ2n) is 11.1. The molecule has 47 heavy (non-hydrogen) atoms. The maximum Gasteiger partial charge on any atom is 0.131 e. The molecule has 0 saturated heterocycles. The monoisotopic (exact) mass is 623 g/mol. The molecule has 0 amide bonds. The average molecular weight is 624 g/mol. The predicted molar refractivity (Wildman–Crippen MR) is 195 cm³/mol. The summed E-state index contributed by atoms with van der Waals surface area (Å²) in [6.07, 6.45) is 1.92. The van der Waals surface area contributed by atoms with Crippen LogP contribution in [0, 0.1) is 0 Å². The molecule has 0 aliphatic rings. The molecule has 6 heteroatoms. The molecule has 0 radical (unpaired) electrons. The summed E-state index contributed by atoms with van der Waals surface area (Å²) in [6, 6.07) is 58.8. The van der Waals surface area contributed by atoms with Crippen molar-refractivity contribution in [3.05, 3.63) is 176 Å². The number of fused-ring (bicyclic) bond motifs is 1. The van der Waals surface area contributed by atoms with Crippen molar-refractivity contribution in [2.45, 2.75) is 0 Å². The van der Waals surface area contributed by atoms with Crippen LogP contribution in [0.5, 0.6) is 0 Å². The summed E-state index contributed by atoms with van der Waals surface area (Å²) < 4.78 is 9.44. The zero-order valence-electron chi connectivity index (χ0n) is 25.4. The van der Waals surface area contributed by atoms with Gasteiger partial charge < -0.3 is 9.80 Å². The van der Waals surface area contributed by atoms with Crippen LogP contribution in [-0.4, -0.2) is 13.7 Å². The molecule has 0 unspecified atom stereocenters. The minimum Gasteiger partial charge on any atom is -0.311 e. The second kappa shape index (κ2) is 12.7. The molecule has 8 aromatic rings. The van der Waals surface area contributed by atoms with Gasteiger partial charge in [-0.3, -0.25) is 4.98 Å². The van der Waals surface area contributed by atoms with Crippen molar-refractivity contribution in [2.24, 2.45) is 0 Å². The third kappa shape index (κ3) is 5.63. The Morgan fingerprint density at radius 2 is 0.723 bits per heavy atom. The van der Waals surface area contributed by atoms with E-state index in [9.17, 15) is 0 Å². The van der Waals surface area contributed by atoms with E-state index in [1.807, 2.05) is 30.5 Å². The van der Waals surface area contributed by atoms with Crippen molar-refractivity contribution in [3.63, 3.8) is 0 Å². The van der Waals surface area contributed by atoms with Crippen LogP contribution >= 0.6 is 11.7 Å². The van der Waals surface area contributed by atoms with Crippen molar-refractivity contribution in [1.82, 2.24) is 13.7 Å². The molecular weight excluding hydrogens is 595 g/mol. The van der Waals surface area contributed by atoms with E-state index < -0.39 is 0 Å². The normalized spacial score (nSPS) is 11.0. The van der Waals surface area contributed by atoms with Gasteiger partial charge >= 0.3 is 0 Å². The summed E-state index contributed by atoms with van der Waals surface area (Å²) in [5.41, 5.74) is 12.0. The second-order valence-corrected chi connectivity index (χ2v) is 11.6. The van der Waals surface area contributed by atoms with Crippen molar-refractivity contribution >= 4 is 56.9 Å². The van der Waals surface area contributed by atoms with E-state index in [1.54, 1.807) is 0 Å². The fraction of sp³-hybridized carbons (Fsp3) is 0. The molecule has 0 aliphatic carbocycles. The first-order chi connectivity index (χ1) is 23.3. The molecule has 5 nitrogen and oxygen atoms in total. The van der Waals surface area contributed by atoms with Gasteiger partial charge in [0, 0.05) is 51.4 Å². The number of para-hydroxylation sites is 4. The van der Waals surface area contributed by atoms with Gasteiger partial charge in [-0.1, -0.05) is 97.1 Å². The number of anilines is 6. The Kier molecular flexibility index (Phi) is 7.67. The van der Waals surface area contributed by atoms with Crippen molar-refractivity contribution < 1.29 is 0 Å². The molecule has 0 aliphatic heterocycles. The largest absolute Gasteiger partial charge is 0.311 e. The van der Waals surface area contributed by atoms with Gasteiger partial charge in [-0.2, -0.15) is 8.75 Å². The molecule has 0 N–H and O–H groups in total. The van der Waals surface area contributed by atoms with E-state index in [1.165, 1.54) is 11.7 Å². The van der Waals surface area contributed by atoms with E-state index in [-0.39, 0.29) is 0 Å². The van der Waals surface area contributed by atoms with Gasteiger partial charge in [0.25, 0.3) is 0 Å². The molecule has 8 rings (SSSR count). The number of hydrogen-bond donors (Lipinski definition) is 0. The van der Waals surface area contributed by atoms with E-state index in [4.69, 9.17) is 13.7 Å². The quantitative estimate of drug-likeness (QED) is 0.168. The zero-order chi connectivity index (χ0) is 31.4. The molecule has 0 fully saturated rings. The van der Waals surface area contributed by atoms with Crippen LogP contribution in [0.4, 0.5) is 34.1 Å². The highest BCUT2D eigenvalue weighted by atomic mass is 32.1. The lowest BCUT2D eigenvalue weighted by Gasteiger charge is -2.25. The number of hydrogen-bond acceptors (Lipinski definition) is 6. The van der Waals surface area contributed by atoms with Crippen LogP contribution in [0.3, 0.4) is 0 Å². The summed E-state index contributed by atoms with van der Waals surface area (Å²) in [5.74, 6) is 0. The summed E-state index contributed by atoms with van der Waals surface area (Å²) in [7, 11) is 0. The lowest BCUT2D eigenvalue weighted by molar-refractivity contribution is 1.28. The lowest BCUT2D eigenvalue weighted by Crippen LogP contribution is -2.09. The molecule has 0 bridgehead atoms. The topological polar surface area (TPSA) is 45.2 Å². The molecule has 2 heterocycles. The van der Waals surface area contributed by atoms with Gasteiger partial charge in [-0.15, -0.1) is 0 Å². The first-order valence-corrected chi connectivity index (χ1v) is 16.2. The van der Waals surface area contributed by atoms with Crippen molar-refractivity contribution in [2.75, 3.05) is 9.80 Å². The van der Waals surface area contributed by atoms with E-state index in [0.29, 0.717) is 0 Å². The maximum absolute atomic E-state index is 4.95. The summed E-state index contributed by atoms with van der Waals surface area (Å²) in [5, 5.41) is 0. The third-order valence-corrected chi connectivity index (χ3v) is 8.71. The summed E-state index contributed by atoms with van der Waals surface area (Å²) >= 11 is 1.22. The van der Waals surface area contributed by atoms with Gasteiger partial charge in [0.1, 0.15) is 11.0 Å². The number of pyridine rings is 1. The van der Waals surface area contributed by atoms with E-state index >= 15 is 0 Å². The zero-order valence-corrected chi connectivity index (χ0v) is 26.2. The Bertz CT molecular complexity index is 1980. The molecule has 0 saturated carbocycles. The van der Waals surface area contributed by atoms with E-state index in [2.05, 4.69) is 155 Å². The maximum atomic E-state index is 4.95. The number of rotatable bonds is 8. The van der Waals surface area contributed by atoms with Crippen molar-refractivity contribution in [3.8, 4) is 22.4 Å². The standard InChI is InChI=1S/C41H29N5S/c1-5-13-32(14-6-1)45(33-15-7-2-8-16-33)36-25-21-30(22-26-36)38-29-42-39(41-40(38)43-47-44-41)31-23-27-37(28-24-31)46(34-17-9-3-10-18-34)35-19-11-4-12-20-35/h1-29H. The molecular formula is C41H29N5S. The molecule has 2 aromatic heterocycles. The molecule has 6 aromatic carbocycles. The SMILES string of the molecule is c1ccc(N(c2ccccc2)c2ccc(-c3cnc(-c4ccc(N(c5ccccc5)c5ccccc5)cc4)c4nsnc34)cc2)cc1. The van der Waals surface area contributed by atoms with Gasteiger partial charge in [0.2, 0.25) is 0 Å². The first kappa shape index (κ1) is 28.4. The number of benzene rings is 6. The van der Waals surface area contributed by atoms with Crippen LogP contribution in [-0.2, 0) is 0 Å². The summed E-state index contributed by atoms with van der Waals surface area (Å²) in [6.45, 7) is 0. The van der Waals surface area contributed by atoms with Crippen LogP contribution < -0.4 is 9.80 Å². The minimum atomic E-state index is 0.808. The highest BCUT2D eigenvalue weighted by Gasteiger charge is 2.18. The molecule has 224 valence electrons. The summed E-state index contributed by atoms with van der Waals surface area (Å²) in [4.78, 5) is 9.46. The van der Waals surface area contributed by atoms with Gasteiger partial charge in [0.05, 0.1) is 17.4 Å². The fourth-order valence-electron chi connectivity index (χ4n) is 5.96. The van der Waals surface area contributed by atoms with Crippen LogP contribution in [0.15, 0.2) is 176 Å². The lowest BCUT2D eigenvalue weighted by atomic mass is 10.0. The average Bonchev–Trinajstić information content (AvgIpc) is 3.65. The van der Waals surface area contributed by atoms with Crippen LogP contribution in [0.1, 0.15) is 0 Å². The van der Waals surface area contributed by atoms with Crippen molar-refractivity contribution in [1.29, 1.82) is 0 Å². The fourth-order valence-corrected chi connectivity index (χ4v) is 6.52. The predicted octanol–water partition coefficient (Wildman–Crippen LogP) is 11.4. The minimum absolute atomic E-state index is 0.808. The Morgan fingerprint density at radius 1 is 0.362 bits per heavy atom. The molecule has 0 atom stereocenters. The van der Waals surface area contributed by atoms with Gasteiger partial charge in [0.15, 0.2) is 0 Å². The Labute approximate surface area is 278 Å². The first-order valence-electron chi connectivity index (χ1n) is 15.5. The number of aromatic nitrogens is 3. The third-order valence-electron chi connectivity index (χ3n) is 8.18. The van der Waals surface area contributed by atoms with Crippen LogP contribution in [0.2, 0.25) is 0 Å².